The Bertz CT molecular complexity index is 830. The van der Waals surface area contributed by atoms with Crippen molar-refractivity contribution in [3.8, 4) is 5.75 Å². The SMILES string of the molecule is CN1CCN(c2ccc3c(c2)OCC(C(=O)C24CC5CC(CC(C5)C2)C4)=C3)CC1. The molecule has 2 aliphatic heterocycles. The molecule has 4 aliphatic carbocycles. The number of piperazine rings is 1. The van der Waals surface area contributed by atoms with Gasteiger partial charge in [-0.25, -0.2) is 0 Å². The molecule has 154 valence electrons. The first kappa shape index (κ1) is 18.0. The van der Waals surface area contributed by atoms with Gasteiger partial charge in [0.15, 0.2) is 5.78 Å². The molecule has 7 rings (SSSR count). The molecule has 0 spiro atoms. The molecule has 0 atom stereocenters. The van der Waals surface area contributed by atoms with Crippen molar-refractivity contribution in [2.45, 2.75) is 38.5 Å². The summed E-state index contributed by atoms with van der Waals surface area (Å²) >= 11 is 0. The maximum absolute atomic E-state index is 13.6. The lowest BCUT2D eigenvalue weighted by molar-refractivity contribution is -0.140. The minimum Gasteiger partial charge on any atom is -0.488 e. The Morgan fingerprint density at radius 2 is 1.66 bits per heavy atom. The average Bonchev–Trinajstić information content (AvgIpc) is 2.72. The Morgan fingerprint density at radius 3 is 2.31 bits per heavy atom. The van der Waals surface area contributed by atoms with E-state index in [2.05, 4.69) is 41.1 Å². The van der Waals surface area contributed by atoms with Gasteiger partial charge < -0.3 is 14.5 Å². The van der Waals surface area contributed by atoms with Gasteiger partial charge >= 0.3 is 0 Å². The molecule has 1 aromatic carbocycles. The van der Waals surface area contributed by atoms with Crippen LogP contribution in [0, 0.1) is 23.2 Å². The lowest BCUT2D eigenvalue weighted by Gasteiger charge is -2.56. The van der Waals surface area contributed by atoms with Gasteiger partial charge in [-0.2, -0.15) is 0 Å². The molecular weight excluding hydrogens is 360 g/mol. The quantitative estimate of drug-likeness (QED) is 0.778. The second-order valence-corrected chi connectivity index (χ2v) is 10.5. The first-order valence-electron chi connectivity index (χ1n) is 11.5. The second-order valence-electron chi connectivity index (χ2n) is 10.5. The third-order valence-electron chi connectivity index (χ3n) is 8.39. The van der Waals surface area contributed by atoms with Crippen LogP contribution in [0.5, 0.6) is 5.75 Å². The molecule has 0 radical (unpaired) electrons. The normalized spacial score (nSPS) is 35.8. The molecule has 2 heterocycles. The van der Waals surface area contributed by atoms with Crippen LogP contribution in [0.25, 0.3) is 6.08 Å². The highest BCUT2D eigenvalue weighted by molar-refractivity contribution is 6.04. The molecular formula is C25H32N2O2. The summed E-state index contributed by atoms with van der Waals surface area (Å²) in [6, 6.07) is 6.51. The van der Waals surface area contributed by atoms with Crippen LogP contribution in [0.1, 0.15) is 44.1 Å². The Labute approximate surface area is 173 Å². The van der Waals surface area contributed by atoms with E-state index >= 15 is 0 Å². The molecule has 1 saturated heterocycles. The number of rotatable bonds is 3. The van der Waals surface area contributed by atoms with Crippen molar-refractivity contribution in [3.05, 3.63) is 29.3 Å². The van der Waals surface area contributed by atoms with Gasteiger partial charge in [0.05, 0.1) is 0 Å². The Balaban J connectivity index is 1.24. The van der Waals surface area contributed by atoms with Gasteiger partial charge in [0.1, 0.15) is 12.4 Å². The van der Waals surface area contributed by atoms with E-state index in [1.165, 1.54) is 24.9 Å². The van der Waals surface area contributed by atoms with E-state index in [1.807, 2.05) is 0 Å². The van der Waals surface area contributed by atoms with Crippen molar-refractivity contribution in [1.82, 2.24) is 4.90 Å². The number of Topliss-reactive ketones (excluding diaryl/α,β-unsaturated/α-hetero) is 1. The van der Waals surface area contributed by atoms with Crippen LogP contribution >= 0.6 is 0 Å². The fraction of sp³-hybridized carbons (Fsp3) is 0.640. The van der Waals surface area contributed by atoms with Crippen LogP contribution in [0.4, 0.5) is 5.69 Å². The number of ether oxygens (including phenoxy) is 1. The van der Waals surface area contributed by atoms with Crippen LogP contribution in [-0.4, -0.2) is 50.5 Å². The average molecular weight is 393 g/mol. The lowest BCUT2D eigenvalue weighted by Crippen LogP contribution is -2.50. The number of ketones is 1. The molecule has 1 aromatic rings. The number of benzene rings is 1. The second kappa shape index (κ2) is 6.60. The summed E-state index contributed by atoms with van der Waals surface area (Å²) in [5, 5.41) is 0. The number of fused-ring (bicyclic) bond motifs is 1. The van der Waals surface area contributed by atoms with E-state index < -0.39 is 0 Å². The summed E-state index contributed by atoms with van der Waals surface area (Å²) in [5.41, 5.74) is 3.15. The topological polar surface area (TPSA) is 32.8 Å². The molecule has 0 N–H and O–H groups in total. The van der Waals surface area contributed by atoms with Gasteiger partial charge in [0.25, 0.3) is 0 Å². The fourth-order valence-electron chi connectivity index (χ4n) is 7.27. The predicted octanol–water partition coefficient (Wildman–Crippen LogP) is 4.00. The zero-order valence-electron chi connectivity index (χ0n) is 17.5. The zero-order chi connectivity index (χ0) is 19.6. The van der Waals surface area contributed by atoms with Gasteiger partial charge in [-0.3, -0.25) is 4.79 Å². The van der Waals surface area contributed by atoms with E-state index in [0.717, 1.165) is 80.1 Å². The number of nitrogens with zero attached hydrogens (tertiary/aromatic N) is 2. The molecule has 4 bridgehead atoms. The fourth-order valence-corrected chi connectivity index (χ4v) is 7.27. The monoisotopic (exact) mass is 392 g/mol. The van der Waals surface area contributed by atoms with Gasteiger partial charge in [0, 0.05) is 54.5 Å². The van der Waals surface area contributed by atoms with Crippen molar-refractivity contribution < 1.29 is 9.53 Å². The van der Waals surface area contributed by atoms with Gasteiger partial charge in [-0.15, -0.1) is 0 Å². The highest BCUT2D eigenvalue weighted by atomic mass is 16.5. The van der Waals surface area contributed by atoms with E-state index in [1.54, 1.807) is 0 Å². The van der Waals surface area contributed by atoms with Crippen molar-refractivity contribution in [3.63, 3.8) is 0 Å². The highest BCUT2D eigenvalue weighted by Gasteiger charge is 2.55. The van der Waals surface area contributed by atoms with Crippen molar-refractivity contribution in [2.24, 2.45) is 23.2 Å². The summed E-state index contributed by atoms with van der Waals surface area (Å²) in [7, 11) is 2.18. The minimum atomic E-state index is -0.0682. The first-order valence-corrected chi connectivity index (χ1v) is 11.5. The van der Waals surface area contributed by atoms with Crippen LogP contribution in [0.3, 0.4) is 0 Å². The first-order chi connectivity index (χ1) is 14.1. The largest absolute Gasteiger partial charge is 0.488 e. The molecule has 0 amide bonds. The molecule has 0 unspecified atom stereocenters. The van der Waals surface area contributed by atoms with Crippen molar-refractivity contribution in [1.29, 1.82) is 0 Å². The summed E-state index contributed by atoms with van der Waals surface area (Å²) < 4.78 is 6.15. The van der Waals surface area contributed by atoms with Gasteiger partial charge in [0.2, 0.25) is 0 Å². The molecule has 4 heteroatoms. The van der Waals surface area contributed by atoms with Crippen molar-refractivity contribution in [2.75, 3.05) is 44.7 Å². The van der Waals surface area contributed by atoms with E-state index in [4.69, 9.17) is 4.74 Å². The summed E-state index contributed by atoms with van der Waals surface area (Å²) in [5.74, 6) is 3.74. The Hall–Kier alpha value is -1.81. The highest BCUT2D eigenvalue weighted by Crippen LogP contribution is 2.61. The summed E-state index contributed by atoms with van der Waals surface area (Å²) in [4.78, 5) is 18.5. The van der Waals surface area contributed by atoms with Crippen LogP contribution < -0.4 is 9.64 Å². The number of anilines is 1. The summed E-state index contributed by atoms with van der Waals surface area (Å²) in [6.45, 7) is 4.75. The van der Waals surface area contributed by atoms with Crippen molar-refractivity contribution >= 4 is 17.5 Å². The van der Waals surface area contributed by atoms with E-state index in [-0.39, 0.29) is 5.41 Å². The number of carbonyl (C=O) groups excluding carboxylic acids is 1. The van der Waals surface area contributed by atoms with Crippen LogP contribution in [0.2, 0.25) is 0 Å². The molecule has 4 saturated carbocycles. The number of likely N-dealkylation sites (N-methyl/N-ethyl adjacent to an activating group) is 1. The Kier molecular flexibility index (Phi) is 4.09. The van der Waals surface area contributed by atoms with Crippen LogP contribution in [0.15, 0.2) is 23.8 Å². The smallest absolute Gasteiger partial charge is 0.168 e. The van der Waals surface area contributed by atoms with Gasteiger partial charge in [-0.05, 0) is 81.5 Å². The predicted molar refractivity (Wildman–Crippen MR) is 115 cm³/mol. The summed E-state index contributed by atoms with van der Waals surface area (Å²) in [6.07, 6.45) is 9.65. The lowest BCUT2D eigenvalue weighted by atomic mass is 9.48. The maximum Gasteiger partial charge on any atom is 0.168 e. The molecule has 0 aromatic heterocycles. The molecule has 4 nitrogen and oxygen atoms in total. The number of carbonyl (C=O) groups is 1. The number of hydrogen-bond donors (Lipinski definition) is 0. The van der Waals surface area contributed by atoms with Crippen LogP contribution in [-0.2, 0) is 4.79 Å². The zero-order valence-corrected chi connectivity index (χ0v) is 17.5. The molecule has 6 aliphatic rings. The maximum atomic E-state index is 13.6. The third-order valence-corrected chi connectivity index (χ3v) is 8.39. The van der Waals surface area contributed by atoms with E-state index in [9.17, 15) is 4.79 Å². The number of hydrogen-bond acceptors (Lipinski definition) is 4. The minimum absolute atomic E-state index is 0.0682. The van der Waals surface area contributed by atoms with Gasteiger partial charge in [-0.1, -0.05) is 0 Å². The Morgan fingerprint density at radius 1 is 1.00 bits per heavy atom. The third kappa shape index (κ3) is 3.02. The molecule has 5 fully saturated rings. The van der Waals surface area contributed by atoms with E-state index in [0.29, 0.717) is 12.4 Å². The molecule has 29 heavy (non-hydrogen) atoms. The standard InChI is InChI=1S/C25H32N2O2/c1-26-4-6-27(7-5-26)22-3-2-20-11-21(16-29-23(20)12-22)24(28)25-13-17-8-18(14-25)10-19(9-17)15-25/h2-3,11-12,17-19H,4-10,13-16H2,1H3.